The SMILES string of the molecule is OCCC1CCCCC1(CCO)CCO. The second-order valence-electron chi connectivity index (χ2n) is 4.76. The third-order valence-electron chi connectivity index (χ3n) is 4.04. The maximum Gasteiger partial charge on any atom is 0.0436 e. The van der Waals surface area contributed by atoms with E-state index >= 15 is 0 Å². The van der Waals surface area contributed by atoms with Crippen LogP contribution in [0.1, 0.15) is 44.9 Å². The predicted octanol–water partition coefficient (Wildman–Crippen LogP) is 1.31. The van der Waals surface area contributed by atoms with Crippen LogP contribution in [0.4, 0.5) is 0 Å². The van der Waals surface area contributed by atoms with Crippen molar-refractivity contribution in [3.05, 3.63) is 0 Å². The van der Waals surface area contributed by atoms with Gasteiger partial charge in [-0.05, 0) is 43.4 Å². The molecule has 0 aliphatic heterocycles. The van der Waals surface area contributed by atoms with Crippen LogP contribution in [0.5, 0.6) is 0 Å². The fourth-order valence-corrected chi connectivity index (χ4v) is 3.21. The summed E-state index contributed by atoms with van der Waals surface area (Å²) in [5.74, 6) is 0.482. The maximum absolute atomic E-state index is 9.15. The molecule has 1 saturated carbocycles. The Hall–Kier alpha value is -0.120. The summed E-state index contributed by atoms with van der Waals surface area (Å²) in [5.41, 5.74) is 0.0878. The zero-order valence-corrected chi connectivity index (χ0v) is 9.49. The van der Waals surface area contributed by atoms with Crippen molar-refractivity contribution in [2.75, 3.05) is 19.8 Å². The summed E-state index contributed by atoms with van der Waals surface area (Å²) in [4.78, 5) is 0. The molecule has 3 nitrogen and oxygen atoms in total. The number of aliphatic hydroxyl groups is 3. The van der Waals surface area contributed by atoms with Gasteiger partial charge in [-0.1, -0.05) is 12.8 Å². The van der Waals surface area contributed by atoms with Crippen LogP contribution in [0.2, 0.25) is 0 Å². The largest absolute Gasteiger partial charge is 0.396 e. The van der Waals surface area contributed by atoms with Crippen LogP contribution in [-0.4, -0.2) is 35.1 Å². The highest BCUT2D eigenvalue weighted by atomic mass is 16.3. The molecule has 1 atom stereocenters. The van der Waals surface area contributed by atoms with Gasteiger partial charge < -0.3 is 15.3 Å². The number of rotatable bonds is 6. The van der Waals surface area contributed by atoms with Gasteiger partial charge in [0.1, 0.15) is 0 Å². The van der Waals surface area contributed by atoms with E-state index in [0.29, 0.717) is 5.92 Å². The van der Waals surface area contributed by atoms with Crippen molar-refractivity contribution in [3.8, 4) is 0 Å². The van der Waals surface area contributed by atoms with Gasteiger partial charge in [0.15, 0.2) is 0 Å². The van der Waals surface area contributed by atoms with E-state index in [0.717, 1.165) is 32.1 Å². The minimum atomic E-state index is 0.0878. The van der Waals surface area contributed by atoms with Crippen LogP contribution in [0.15, 0.2) is 0 Å². The van der Waals surface area contributed by atoms with Crippen molar-refractivity contribution in [2.24, 2.45) is 11.3 Å². The molecule has 0 amide bonds. The first-order chi connectivity index (χ1) is 7.29. The first-order valence-corrected chi connectivity index (χ1v) is 6.11. The molecule has 1 fully saturated rings. The Morgan fingerprint density at radius 1 is 0.933 bits per heavy atom. The van der Waals surface area contributed by atoms with Gasteiger partial charge in [0.2, 0.25) is 0 Å². The summed E-state index contributed by atoms with van der Waals surface area (Å²) in [6.07, 6.45) is 7.03. The molecule has 0 radical (unpaired) electrons. The van der Waals surface area contributed by atoms with Gasteiger partial charge in [0.05, 0.1) is 0 Å². The van der Waals surface area contributed by atoms with Gasteiger partial charge >= 0.3 is 0 Å². The topological polar surface area (TPSA) is 60.7 Å². The van der Waals surface area contributed by atoms with E-state index in [9.17, 15) is 0 Å². The highest BCUT2D eigenvalue weighted by molar-refractivity contribution is 4.89. The summed E-state index contributed by atoms with van der Waals surface area (Å²) in [6, 6.07) is 0. The second kappa shape index (κ2) is 6.46. The average Bonchev–Trinajstić information content (AvgIpc) is 2.23. The van der Waals surface area contributed by atoms with Gasteiger partial charge in [-0.15, -0.1) is 0 Å². The highest BCUT2D eigenvalue weighted by Crippen LogP contribution is 2.47. The normalized spacial score (nSPS) is 25.4. The van der Waals surface area contributed by atoms with Crippen LogP contribution < -0.4 is 0 Å². The number of hydrogen-bond acceptors (Lipinski definition) is 3. The summed E-state index contributed by atoms with van der Waals surface area (Å²) < 4.78 is 0. The van der Waals surface area contributed by atoms with Gasteiger partial charge in [-0.3, -0.25) is 0 Å². The van der Waals surface area contributed by atoms with E-state index < -0.39 is 0 Å². The lowest BCUT2D eigenvalue weighted by atomic mass is 9.62. The molecule has 0 aromatic heterocycles. The van der Waals surface area contributed by atoms with E-state index in [1.807, 2.05) is 0 Å². The van der Waals surface area contributed by atoms with Crippen molar-refractivity contribution >= 4 is 0 Å². The minimum Gasteiger partial charge on any atom is -0.396 e. The Balaban J connectivity index is 2.68. The van der Waals surface area contributed by atoms with Crippen LogP contribution in [0.3, 0.4) is 0 Å². The van der Waals surface area contributed by atoms with Gasteiger partial charge in [0, 0.05) is 19.8 Å². The molecule has 0 aromatic carbocycles. The lowest BCUT2D eigenvalue weighted by Crippen LogP contribution is -2.36. The lowest BCUT2D eigenvalue weighted by Gasteiger charge is -2.44. The Bertz CT molecular complexity index is 157. The second-order valence-corrected chi connectivity index (χ2v) is 4.76. The molecule has 1 rings (SSSR count). The third-order valence-corrected chi connectivity index (χ3v) is 4.04. The fraction of sp³-hybridized carbons (Fsp3) is 1.00. The maximum atomic E-state index is 9.15. The smallest absolute Gasteiger partial charge is 0.0436 e. The Morgan fingerprint density at radius 2 is 1.60 bits per heavy atom. The standard InChI is InChI=1S/C12H24O3/c13-8-4-11-3-1-2-5-12(11,6-9-14)7-10-15/h11,13-15H,1-10H2. The van der Waals surface area contributed by atoms with Gasteiger partial charge in [-0.25, -0.2) is 0 Å². The molecule has 90 valence electrons. The summed E-state index contributed by atoms with van der Waals surface area (Å²) in [6.45, 7) is 0.618. The lowest BCUT2D eigenvalue weighted by molar-refractivity contribution is 0.0199. The minimum absolute atomic E-state index is 0.0878. The van der Waals surface area contributed by atoms with E-state index in [2.05, 4.69) is 0 Å². The molecule has 15 heavy (non-hydrogen) atoms. The molecule has 0 heterocycles. The first-order valence-electron chi connectivity index (χ1n) is 6.11. The Kier molecular flexibility index (Phi) is 5.58. The number of hydrogen-bond donors (Lipinski definition) is 3. The molecule has 0 saturated heterocycles. The molecule has 1 aliphatic rings. The van der Waals surface area contributed by atoms with Crippen LogP contribution in [0.25, 0.3) is 0 Å². The predicted molar refractivity (Wildman–Crippen MR) is 59.5 cm³/mol. The van der Waals surface area contributed by atoms with Crippen molar-refractivity contribution in [2.45, 2.75) is 44.9 Å². The molecule has 1 aliphatic carbocycles. The summed E-state index contributed by atoms with van der Waals surface area (Å²) >= 11 is 0. The molecule has 0 aromatic rings. The molecule has 0 spiro atoms. The monoisotopic (exact) mass is 216 g/mol. The number of aliphatic hydroxyl groups excluding tert-OH is 3. The zero-order chi connectivity index (χ0) is 11.1. The molecular weight excluding hydrogens is 192 g/mol. The van der Waals surface area contributed by atoms with Gasteiger partial charge in [-0.2, -0.15) is 0 Å². The van der Waals surface area contributed by atoms with Crippen molar-refractivity contribution in [1.29, 1.82) is 0 Å². The molecule has 3 heteroatoms. The summed E-state index contributed by atoms with van der Waals surface area (Å²) in [5, 5.41) is 27.4. The Labute approximate surface area is 92.1 Å². The average molecular weight is 216 g/mol. The fourth-order valence-electron chi connectivity index (χ4n) is 3.21. The molecule has 3 N–H and O–H groups in total. The third kappa shape index (κ3) is 3.16. The van der Waals surface area contributed by atoms with E-state index in [1.54, 1.807) is 0 Å². The molecular formula is C12H24O3. The highest BCUT2D eigenvalue weighted by Gasteiger charge is 2.38. The van der Waals surface area contributed by atoms with E-state index in [1.165, 1.54) is 12.8 Å². The van der Waals surface area contributed by atoms with Gasteiger partial charge in [0.25, 0.3) is 0 Å². The summed E-state index contributed by atoms with van der Waals surface area (Å²) in [7, 11) is 0. The molecule has 0 bridgehead atoms. The van der Waals surface area contributed by atoms with Crippen LogP contribution in [-0.2, 0) is 0 Å². The van der Waals surface area contributed by atoms with Crippen LogP contribution >= 0.6 is 0 Å². The first kappa shape index (κ1) is 12.9. The molecule has 1 unspecified atom stereocenters. The quantitative estimate of drug-likeness (QED) is 0.627. The van der Waals surface area contributed by atoms with E-state index in [-0.39, 0.29) is 25.2 Å². The van der Waals surface area contributed by atoms with Crippen molar-refractivity contribution < 1.29 is 15.3 Å². The van der Waals surface area contributed by atoms with Crippen LogP contribution in [0, 0.1) is 11.3 Å². The Morgan fingerprint density at radius 3 is 2.13 bits per heavy atom. The van der Waals surface area contributed by atoms with E-state index in [4.69, 9.17) is 15.3 Å². The van der Waals surface area contributed by atoms with Crippen molar-refractivity contribution in [1.82, 2.24) is 0 Å². The van der Waals surface area contributed by atoms with Crippen molar-refractivity contribution in [3.63, 3.8) is 0 Å². The zero-order valence-electron chi connectivity index (χ0n) is 9.49.